The molecular formula is C16H34N2. The van der Waals surface area contributed by atoms with E-state index >= 15 is 0 Å². The van der Waals surface area contributed by atoms with E-state index in [9.17, 15) is 0 Å². The lowest BCUT2D eigenvalue weighted by atomic mass is 9.67. The van der Waals surface area contributed by atoms with Crippen LogP contribution in [-0.4, -0.2) is 37.6 Å². The summed E-state index contributed by atoms with van der Waals surface area (Å²) in [6.07, 6.45) is 4.13. The molecule has 0 aromatic carbocycles. The Balaban J connectivity index is 2.64. The summed E-state index contributed by atoms with van der Waals surface area (Å²) in [4.78, 5) is 2.56. The minimum absolute atomic E-state index is 0.444. The Bertz CT molecular complexity index is 247. The second kappa shape index (κ2) is 6.38. The van der Waals surface area contributed by atoms with Gasteiger partial charge >= 0.3 is 0 Å². The molecule has 1 saturated carbocycles. The molecule has 1 rings (SSSR count). The van der Waals surface area contributed by atoms with Crippen LogP contribution in [0.25, 0.3) is 0 Å². The van der Waals surface area contributed by atoms with Crippen LogP contribution in [0.5, 0.6) is 0 Å². The van der Waals surface area contributed by atoms with Gasteiger partial charge in [-0.15, -0.1) is 0 Å². The first-order chi connectivity index (χ1) is 8.29. The fraction of sp³-hybridized carbons (Fsp3) is 1.00. The molecule has 1 aliphatic rings. The zero-order valence-corrected chi connectivity index (χ0v) is 13.6. The van der Waals surface area contributed by atoms with Crippen LogP contribution in [0.4, 0.5) is 0 Å². The van der Waals surface area contributed by atoms with E-state index < -0.39 is 0 Å². The van der Waals surface area contributed by atoms with Crippen molar-refractivity contribution in [3.63, 3.8) is 0 Å². The van der Waals surface area contributed by atoms with Gasteiger partial charge in [0.1, 0.15) is 0 Å². The summed E-state index contributed by atoms with van der Waals surface area (Å²) in [5, 5.41) is 3.59. The average Bonchev–Trinajstić information content (AvgIpc) is 2.26. The topological polar surface area (TPSA) is 15.3 Å². The normalized spacial score (nSPS) is 29.8. The van der Waals surface area contributed by atoms with Gasteiger partial charge in [0.15, 0.2) is 0 Å². The predicted molar refractivity (Wildman–Crippen MR) is 80.9 cm³/mol. The Kier molecular flexibility index (Phi) is 5.67. The highest BCUT2D eigenvalue weighted by Crippen LogP contribution is 2.39. The first-order valence-corrected chi connectivity index (χ1v) is 7.67. The summed E-state index contributed by atoms with van der Waals surface area (Å²) in [7, 11) is 4.43. The largest absolute Gasteiger partial charge is 0.316 e. The second-order valence-electron chi connectivity index (χ2n) is 7.33. The van der Waals surface area contributed by atoms with Gasteiger partial charge < -0.3 is 10.2 Å². The van der Waals surface area contributed by atoms with Crippen LogP contribution < -0.4 is 5.32 Å². The van der Waals surface area contributed by atoms with Crippen LogP contribution >= 0.6 is 0 Å². The fourth-order valence-corrected chi connectivity index (χ4v) is 3.65. The summed E-state index contributed by atoms with van der Waals surface area (Å²) in [6.45, 7) is 13.1. The quantitative estimate of drug-likeness (QED) is 0.809. The van der Waals surface area contributed by atoms with Crippen LogP contribution in [-0.2, 0) is 0 Å². The van der Waals surface area contributed by atoms with Gasteiger partial charge in [-0.2, -0.15) is 0 Å². The molecule has 18 heavy (non-hydrogen) atoms. The van der Waals surface area contributed by atoms with E-state index in [1.165, 1.54) is 25.8 Å². The van der Waals surface area contributed by atoms with E-state index in [2.05, 4.69) is 58.9 Å². The van der Waals surface area contributed by atoms with E-state index in [0.717, 1.165) is 11.8 Å². The molecule has 0 radical (unpaired) electrons. The first kappa shape index (κ1) is 16.0. The Morgan fingerprint density at radius 1 is 1.28 bits per heavy atom. The molecule has 0 aliphatic heterocycles. The standard InChI is InChI=1S/C16H34N2/c1-12(2)13(3)18(7)11-14-9-8-10-16(4,5)15(14)17-6/h12-15,17H,8-11H2,1-7H3. The van der Waals surface area contributed by atoms with Gasteiger partial charge in [-0.05, 0) is 51.1 Å². The zero-order chi connectivity index (χ0) is 13.9. The molecule has 3 unspecified atom stereocenters. The van der Waals surface area contributed by atoms with Gasteiger partial charge in [0.05, 0.1) is 0 Å². The summed E-state index contributed by atoms with van der Waals surface area (Å²) < 4.78 is 0. The minimum Gasteiger partial charge on any atom is -0.316 e. The van der Waals surface area contributed by atoms with Crippen LogP contribution in [0.1, 0.15) is 53.9 Å². The maximum atomic E-state index is 3.59. The van der Waals surface area contributed by atoms with Crippen molar-refractivity contribution in [3.05, 3.63) is 0 Å². The molecular weight excluding hydrogens is 220 g/mol. The highest BCUT2D eigenvalue weighted by Gasteiger charge is 2.38. The SMILES string of the molecule is CNC1C(CN(C)C(C)C(C)C)CCCC1(C)C. The molecule has 0 amide bonds. The third-order valence-corrected chi connectivity index (χ3v) is 5.20. The molecule has 0 aromatic rings. The Morgan fingerprint density at radius 2 is 1.89 bits per heavy atom. The van der Waals surface area contributed by atoms with Crippen molar-refractivity contribution in [2.75, 3.05) is 20.6 Å². The van der Waals surface area contributed by atoms with Crippen molar-refractivity contribution < 1.29 is 0 Å². The van der Waals surface area contributed by atoms with Crippen molar-refractivity contribution in [2.45, 2.75) is 66.0 Å². The van der Waals surface area contributed by atoms with E-state index in [4.69, 9.17) is 0 Å². The number of hydrogen-bond donors (Lipinski definition) is 1. The van der Waals surface area contributed by atoms with E-state index in [-0.39, 0.29) is 0 Å². The Labute approximate surface area is 115 Å². The number of rotatable bonds is 5. The summed E-state index contributed by atoms with van der Waals surface area (Å²) in [5.74, 6) is 1.53. The van der Waals surface area contributed by atoms with Crippen molar-refractivity contribution in [2.24, 2.45) is 17.3 Å². The summed E-state index contributed by atoms with van der Waals surface area (Å²) >= 11 is 0. The zero-order valence-electron chi connectivity index (χ0n) is 13.6. The summed E-state index contributed by atoms with van der Waals surface area (Å²) in [6, 6.07) is 1.33. The van der Waals surface area contributed by atoms with Gasteiger partial charge in [-0.25, -0.2) is 0 Å². The Hall–Kier alpha value is -0.0800. The van der Waals surface area contributed by atoms with Crippen LogP contribution in [0.3, 0.4) is 0 Å². The van der Waals surface area contributed by atoms with Crippen LogP contribution in [0.15, 0.2) is 0 Å². The third-order valence-electron chi connectivity index (χ3n) is 5.20. The van der Waals surface area contributed by atoms with Crippen molar-refractivity contribution >= 4 is 0 Å². The lowest BCUT2D eigenvalue weighted by Crippen LogP contribution is -2.52. The molecule has 1 aliphatic carbocycles. The fourth-order valence-electron chi connectivity index (χ4n) is 3.65. The number of nitrogens with one attached hydrogen (secondary N) is 1. The highest BCUT2D eigenvalue weighted by molar-refractivity contribution is 4.94. The monoisotopic (exact) mass is 254 g/mol. The molecule has 0 spiro atoms. The third kappa shape index (κ3) is 3.71. The first-order valence-electron chi connectivity index (χ1n) is 7.67. The van der Waals surface area contributed by atoms with Crippen molar-refractivity contribution in [1.29, 1.82) is 0 Å². The lowest BCUT2D eigenvalue weighted by molar-refractivity contribution is 0.0740. The van der Waals surface area contributed by atoms with Gasteiger partial charge in [0, 0.05) is 18.6 Å². The molecule has 0 saturated heterocycles. The predicted octanol–water partition coefficient (Wildman–Crippen LogP) is 3.38. The van der Waals surface area contributed by atoms with Gasteiger partial charge in [0.25, 0.3) is 0 Å². The van der Waals surface area contributed by atoms with E-state index in [1.54, 1.807) is 0 Å². The van der Waals surface area contributed by atoms with Crippen LogP contribution in [0.2, 0.25) is 0 Å². The molecule has 1 fully saturated rings. The lowest BCUT2D eigenvalue weighted by Gasteiger charge is -2.46. The molecule has 1 N–H and O–H groups in total. The van der Waals surface area contributed by atoms with Crippen LogP contribution in [0, 0.1) is 17.3 Å². The molecule has 2 heteroatoms. The maximum absolute atomic E-state index is 3.59. The summed E-state index contributed by atoms with van der Waals surface area (Å²) in [5.41, 5.74) is 0.444. The molecule has 0 heterocycles. The number of hydrogen-bond acceptors (Lipinski definition) is 2. The smallest absolute Gasteiger partial charge is 0.0156 e. The maximum Gasteiger partial charge on any atom is 0.0156 e. The molecule has 108 valence electrons. The van der Waals surface area contributed by atoms with Gasteiger partial charge in [0.2, 0.25) is 0 Å². The second-order valence-corrected chi connectivity index (χ2v) is 7.33. The van der Waals surface area contributed by atoms with E-state index in [0.29, 0.717) is 17.5 Å². The average molecular weight is 254 g/mol. The highest BCUT2D eigenvalue weighted by atomic mass is 15.1. The number of nitrogens with zero attached hydrogens (tertiary/aromatic N) is 1. The molecule has 3 atom stereocenters. The van der Waals surface area contributed by atoms with Gasteiger partial charge in [-0.3, -0.25) is 0 Å². The molecule has 0 bridgehead atoms. The molecule has 0 aromatic heterocycles. The van der Waals surface area contributed by atoms with E-state index in [1.807, 2.05) is 0 Å². The van der Waals surface area contributed by atoms with Crippen molar-refractivity contribution in [1.82, 2.24) is 10.2 Å². The van der Waals surface area contributed by atoms with Crippen molar-refractivity contribution in [3.8, 4) is 0 Å². The Morgan fingerprint density at radius 3 is 2.39 bits per heavy atom. The minimum atomic E-state index is 0.444. The molecule has 2 nitrogen and oxygen atoms in total. The van der Waals surface area contributed by atoms with Gasteiger partial charge in [-0.1, -0.05) is 34.1 Å².